The molecule has 2 aliphatic rings. The van der Waals surface area contributed by atoms with E-state index in [0.717, 1.165) is 31.0 Å². The molecule has 0 bridgehead atoms. The summed E-state index contributed by atoms with van der Waals surface area (Å²) >= 11 is 0. The zero-order valence-electron chi connectivity index (χ0n) is 11.5. The molecule has 1 aliphatic heterocycles. The first-order chi connectivity index (χ1) is 9.28. The fourth-order valence-electron chi connectivity index (χ4n) is 2.83. The van der Waals surface area contributed by atoms with Crippen molar-refractivity contribution in [1.29, 1.82) is 5.26 Å². The summed E-state index contributed by atoms with van der Waals surface area (Å²) in [5.41, 5.74) is 3.84. The molecule has 3 nitrogen and oxygen atoms in total. The van der Waals surface area contributed by atoms with Crippen LogP contribution in [0.4, 0.5) is 5.69 Å². The molecule has 1 unspecified atom stereocenters. The lowest BCUT2D eigenvalue weighted by Crippen LogP contribution is -2.26. The first-order valence-corrected chi connectivity index (χ1v) is 7.25. The molecule has 0 amide bonds. The molecule has 1 heterocycles. The Morgan fingerprint density at radius 1 is 1.47 bits per heavy atom. The van der Waals surface area contributed by atoms with Gasteiger partial charge >= 0.3 is 0 Å². The van der Waals surface area contributed by atoms with Crippen LogP contribution in [0, 0.1) is 17.2 Å². The first kappa shape index (κ1) is 12.5. The third kappa shape index (κ3) is 2.74. The molecule has 0 spiro atoms. The highest BCUT2D eigenvalue weighted by Gasteiger charge is 2.23. The van der Waals surface area contributed by atoms with E-state index < -0.39 is 0 Å². The zero-order valence-corrected chi connectivity index (χ0v) is 11.5. The van der Waals surface area contributed by atoms with Gasteiger partial charge in [0, 0.05) is 19.3 Å². The fraction of sp³-hybridized carbons (Fsp3) is 0.562. The molecule has 0 radical (unpaired) electrons. The molecule has 19 heavy (non-hydrogen) atoms. The Kier molecular flexibility index (Phi) is 3.44. The Bertz CT molecular complexity index is 499. The summed E-state index contributed by atoms with van der Waals surface area (Å²) in [5, 5.41) is 12.7. The zero-order chi connectivity index (χ0) is 13.2. The number of hydrogen-bond donors (Lipinski definition) is 1. The maximum atomic E-state index is 9.35. The van der Waals surface area contributed by atoms with Gasteiger partial charge in [-0.3, -0.25) is 5.32 Å². The maximum absolute atomic E-state index is 9.35. The van der Waals surface area contributed by atoms with Crippen molar-refractivity contribution in [3.8, 4) is 6.07 Å². The van der Waals surface area contributed by atoms with E-state index in [-0.39, 0.29) is 6.04 Å². The molecule has 1 aliphatic carbocycles. The summed E-state index contributed by atoms with van der Waals surface area (Å²) in [4.78, 5) is 2.31. The quantitative estimate of drug-likeness (QED) is 0.899. The van der Waals surface area contributed by atoms with Crippen molar-refractivity contribution in [2.24, 2.45) is 5.92 Å². The summed E-state index contributed by atoms with van der Waals surface area (Å²) in [6, 6.07) is 8.74. The number of benzene rings is 1. The van der Waals surface area contributed by atoms with Gasteiger partial charge in [0.2, 0.25) is 0 Å². The maximum Gasteiger partial charge on any atom is 0.121 e. The van der Waals surface area contributed by atoms with Crippen molar-refractivity contribution in [2.45, 2.75) is 31.7 Å². The van der Waals surface area contributed by atoms with Crippen molar-refractivity contribution >= 4 is 5.69 Å². The number of nitriles is 1. The molecule has 1 aromatic rings. The van der Waals surface area contributed by atoms with Gasteiger partial charge in [-0.15, -0.1) is 0 Å². The molecule has 3 rings (SSSR count). The predicted molar refractivity (Wildman–Crippen MR) is 77.1 cm³/mol. The van der Waals surface area contributed by atoms with E-state index in [1.807, 2.05) is 0 Å². The minimum atomic E-state index is -0.155. The molecule has 1 atom stereocenters. The highest BCUT2D eigenvalue weighted by molar-refractivity contribution is 5.56. The highest BCUT2D eigenvalue weighted by Crippen LogP contribution is 2.30. The third-order valence-electron chi connectivity index (χ3n) is 4.22. The van der Waals surface area contributed by atoms with Crippen LogP contribution >= 0.6 is 0 Å². The van der Waals surface area contributed by atoms with Crippen molar-refractivity contribution in [3.05, 3.63) is 29.3 Å². The van der Waals surface area contributed by atoms with Crippen molar-refractivity contribution in [3.63, 3.8) is 0 Å². The van der Waals surface area contributed by atoms with Gasteiger partial charge in [0.15, 0.2) is 0 Å². The molecule has 1 fully saturated rings. The Hall–Kier alpha value is -1.53. The van der Waals surface area contributed by atoms with Crippen LogP contribution in [0.15, 0.2) is 18.2 Å². The van der Waals surface area contributed by atoms with Crippen LogP contribution in [0.25, 0.3) is 0 Å². The van der Waals surface area contributed by atoms with Gasteiger partial charge in [-0.2, -0.15) is 5.26 Å². The largest absolute Gasteiger partial charge is 0.374 e. The Labute approximate surface area is 115 Å². The molecular formula is C16H21N3. The molecule has 1 aromatic carbocycles. The van der Waals surface area contributed by atoms with Crippen LogP contribution in [0.5, 0.6) is 0 Å². The Morgan fingerprint density at radius 3 is 3.05 bits per heavy atom. The number of hydrogen-bond acceptors (Lipinski definition) is 3. The van der Waals surface area contributed by atoms with E-state index in [1.165, 1.54) is 30.5 Å². The normalized spacial score (nSPS) is 19.7. The van der Waals surface area contributed by atoms with Crippen molar-refractivity contribution in [2.75, 3.05) is 25.0 Å². The van der Waals surface area contributed by atoms with Crippen LogP contribution in [-0.2, 0) is 6.42 Å². The topological polar surface area (TPSA) is 39.1 Å². The summed E-state index contributed by atoms with van der Waals surface area (Å²) in [5.74, 6) is 0.805. The smallest absolute Gasteiger partial charge is 0.121 e. The van der Waals surface area contributed by atoms with Gasteiger partial charge in [0.25, 0.3) is 0 Å². The van der Waals surface area contributed by atoms with Gasteiger partial charge < -0.3 is 4.90 Å². The number of aryl methyl sites for hydroxylation is 1. The summed E-state index contributed by atoms with van der Waals surface area (Å²) in [6.45, 7) is 2.11. The first-order valence-electron chi connectivity index (χ1n) is 7.25. The number of rotatable bonds is 4. The van der Waals surface area contributed by atoms with Crippen LogP contribution < -0.4 is 10.2 Å². The molecular weight excluding hydrogens is 234 g/mol. The van der Waals surface area contributed by atoms with E-state index >= 15 is 0 Å². The van der Waals surface area contributed by atoms with Crippen molar-refractivity contribution < 1.29 is 0 Å². The van der Waals surface area contributed by atoms with Crippen LogP contribution in [0.3, 0.4) is 0 Å². The standard InChI is InChI=1S/C16H21N3/c1-19-8-2-3-14-9-13(6-7-16(14)19)15(10-17)18-11-12-4-5-12/h6-7,9,12,15,18H,2-5,8,11H2,1H3. The van der Waals surface area contributed by atoms with Gasteiger partial charge in [-0.05, 0) is 55.3 Å². The molecule has 0 saturated heterocycles. The minimum Gasteiger partial charge on any atom is -0.374 e. The third-order valence-corrected chi connectivity index (χ3v) is 4.22. The van der Waals surface area contributed by atoms with E-state index in [9.17, 15) is 5.26 Å². The second-order valence-electron chi connectivity index (χ2n) is 5.83. The molecule has 0 aromatic heterocycles. The monoisotopic (exact) mass is 255 g/mol. The van der Waals surface area contributed by atoms with Crippen LogP contribution in [0.2, 0.25) is 0 Å². The lowest BCUT2D eigenvalue weighted by Gasteiger charge is -2.28. The van der Waals surface area contributed by atoms with Gasteiger partial charge in [-0.1, -0.05) is 12.1 Å². The summed E-state index contributed by atoms with van der Waals surface area (Å²) in [6.07, 6.45) is 4.98. The molecule has 3 heteroatoms. The second kappa shape index (κ2) is 5.22. The van der Waals surface area contributed by atoms with Gasteiger partial charge in [-0.25, -0.2) is 0 Å². The fourth-order valence-corrected chi connectivity index (χ4v) is 2.83. The number of fused-ring (bicyclic) bond motifs is 1. The Balaban J connectivity index is 1.77. The lowest BCUT2D eigenvalue weighted by atomic mass is 9.97. The number of nitrogens with zero attached hydrogens (tertiary/aromatic N) is 2. The molecule has 100 valence electrons. The Morgan fingerprint density at radius 2 is 2.32 bits per heavy atom. The number of anilines is 1. The average Bonchev–Trinajstić information content (AvgIpc) is 3.24. The van der Waals surface area contributed by atoms with E-state index in [4.69, 9.17) is 0 Å². The lowest BCUT2D eigenvalue weighted by molar-refractivity contribution is 0.592. The minimum absolute atomic E-state index is 0.155. The van der Waals surface area contributed by atoms with E-state index in [2.05, 4.69) is 41.5 Å². The van der Waals surface area contributed by atoms with Gasteiger partial charge in [0.05, 0.1) is 6.07 Å². The number of nitrogens with one attached hydrogen (secondary N) is 1. The van der Waals surface area contributed by atoms with E-state index in [0.29, 0.717) is 0 Å². The molecule has 1 N–H and O–H groups in total. The predicted octanol–water partition coefficient (Wildman–Crippen LogP) is 2.63. The van der Waals surface area contributed by atoms with E-state index in [1.54, 1.807) is 0 Å². The highest BCUT2D eigenvalue weighted by atomic mass is 15.1. The summed E-state index contributed by atoms with van der Waals surface area (Å²) < 4.78 is 0. The summed E-state index contributed by atoms with van der Waals surface area (Å²) in [7, 11) is 2.14. The van der Waals surface area contributed by atoms with Crippen LogP contribution in [-0.4, -0.2) is 20.1 Å². The van der Waals surface area contributed by atoms with Crippen LogP contribution in [0.1, 0.15) is 36.4 Å². The SMILES string of the molecule is CN1CCCc2cc(C(C#N)NCC3CC3)ccc21. The average molecular weight is 255 g/mol. The second-order valence-corrected chi connectivity index (χ2v) is 5.83. The van der Waals surface area contributed by atoms with Gasteiger partial charge in [0.1, 0.15) is 6.04 Å². The molecule has 1 saturated carbocycles. The van der Waals surface area contributed by atoms with Crippen molar-refractivity contribution in [1.82, 2.24) is 5.32 Å².